The van der Waals surface area contributed by atoms with Crippen LogP contribution in [0.3, 0.4) is 0 Å². The van der Waals surface area contributed by atoms with Crippen LogP contribution in [0.1, 0.15) is 64.9 Å². The zero-order chi connectivity index (χ0) is 21.8. The summed E-state index contributed by atoms with van der Waals surface area (Å²) in [6.07, 6.45) is 2.23. The molecule has 0 aromatic heterocycles. The second kappa shape index (κ2) is 7.00. The number of hydrogen-bond donors (Lipinski definition) is 0. The van der Waals surface area contributed by atoms with E-state index < -0.39 is 5.92 Å². The number of allylic oxidation sites excluding steroid dienone is 4. The first-order valence-electron chi connectivity index (χ1n) is 10.5. The van der Waals surface area contributed by atoms with Gasteiger partial charge < -0.3 is 14.2 Å². The van der Waals surface area contributed by atoms with Gasteiger partial charge in [-0.05, 0) is 28.5 Å². The minimum atomic E-state index is -0.444. The second-order valence-corrected chi connectivity index (χ2v) is 10.2. The fourth-order valence-corrected chi connectivity index (χ4v) is 5.00. The molecule has 5 nitrogen and oxygen atoms in total. The van der Waals surface area contributed by atoms with E-state index in [-0.39, 0.29) is 22.4 Å². The number of carbonyl (C=O) groups is 2. The summed E-state index contributed by atoms with van der Waals surface area (Å²) < 4.78 is 17.3. The number of carbonyl (C=O) groups excluding carboxylic acids is 2. The number of ketones is 2. The van der Waals surface area contributed by atoms with Gasteiger partial charge in [0.1, 0.15) is 23.0 Å². The van der Waals surface area contributed by atoms with Gasteiger partial charge in [-0.1, -0.05) is 27.7 Å². The van der Waals surface area contributed by atoms with Gasteiger partial charge in [-0.25, -0.2) is 0 Å². The molecule has 1 aromatic carbocycles. The van der Waals surface area contributed by atoms with Crippen LogP contribution < -0.4 is 9.47 Å². The molecule has 0 unspecified atom stereocenters. The molecule has 0 bridgehead atoms. The van der Waals surface area contributed by atoms with Crippen LogP contribution in [0.15, 0.2) is 40.9 Å². The Morgan fingerprint density at radius 1 is 0.767 bits per heavy atom. The van der Waals surface area contributed by atoms with Crippen molar-refractivity contribution >= 4 is 11.6 Å². The molecule has 0 saturated heterocycles. The zero-order valence-corrected chi connectivity index (χ0v) is 18.7. The largest absolute Gasteiger partial charge is 0.497 e. The monoisotopic (exact) mass is 410 g/mol. The Kier molecular flexibility index (Phi) is 4.83. The predicted molar refractivity (Wildman–Crippen MR) is 113 cm³/mol. The Morgan fingerprint density at radius 2 is 1.20 bits per heavy atom. The molecule has 4 rings (SSSR count). The molecular weight excluding hydrogens is 380 g/mol. The summed E-state index contributed by atoms with van der Waals surface area (Å²) in [6, 6.07) is 5.59. The van der Waals surface area contributed by atoms with Gasteiger partial charge in [0.25, 0.3) is 0 Å². The van der Waals surface area contributed by atoms with Crippen molar-refractivity contribution in [3.8, 4) is 11.5 Å². The molecule has 1 heterocycles. The fourth-order valence-electron chi connectivity index (χ4n) is 5.00. The topological polar surface area (TPSA) is 61.8 Å². The predicted octanol–water partition coefficient (Wildman–Crippen LogP) is 5.10. The van der Waals surface area contributed by atoms with Crippen molar-refractivity contribution in [1.29, 1.82) is 0 Å². The summed E-state index contributed by atoms with van der Waals surface area (Å²) in [5.74, 6) is 2.36. The third kappa shape index (κ3) is 3.55. The molecule has 0 radical (unpaired) electrons. The molecule has 1 aliphatic heterocycles. The molecule has 160 valence electrons. The molecule has 1 aromatic rings. The summed E-state index contributed by atoms with van der Waals surface area (Å²) in [4.78, 5) is 26.6. The molecule has 0 saturated carbocycles. The average Bonchev–Trinajstić information content (AvgIpc) is 2.63. The molecule has 2 aliphatic carbocycles. The zero-order valence-electron chi connectivity index (χ0n) is 18.7. The van der Waals surface area contributed by atoms with Gasteiger partial charge in [0, 0.05) is 48.8 Å². The van der Waals surface area contributed by atoms with E-state index >= 15 is 0 Å². The van der Waals surface area contributed by atoms with E-state index in [0.29, 0.717) is 59.8 Å². The third-order valence-corrected chi connectivity index (χ3v) is 6.29. The molecular formula is C25H30O5. The quantitative estimate of drug-likeness (QED) is 0.693. The first-order chi connectivity index (χ1) is 14.0. The number of ether oxygens (including phenoxy) is 3. The lowest BCUT2D eigenvalue weighted by atomic mass is 9.65. The summed E-state index contributed by atoms with van der Waals surface area (Å²) >= 11 is 0. The van der Waals surface area contributed by atoms with E-state index in [0.717, 1.165) is 5.56 Å². The van der Waals surface area contributed by atoms with E-state index in [1.165, 1.54) is 0 Å². The van der Waals surface area contributed by atoms with E-state index in [4.69, 9.17) is 14.2 Å². The molecule has 5 heteroatoms. The Hall–Kier alpha value is -2.56. The number of benzene rings is 1. The van der Waals surface area contributed by atoms with Crippen LogP contribution in [0, 0.1) is 10.8 Å². The molecule has 0 spiro atoms. The van der Waals surface area contributed by atoms with Gasteiger partial charge >= 0.3 is 0 Å². The fraction of sp³-hybridized carbons (Fsp3) is 0.520. The molecule has 0 atom stereocenters. The van der Waals surface area contributed by atoms with Crippen molar-refractivity contribution in [2.45, 2.75) is 59.3 Å². The Bertz CT molecular complexity index is 919. The van der Waals surface area contributed by atoms with E-state index in [2.05, 4.69) is 27.7 Å². The van der Waals surface area contributed by atoms with Gasteiger partial charge in [0.15, 0.2) is 11.6 Å². The molecule has 3 aliphatic rings. The highest BCUT2D eigenvalue weighted by Crippen LogP contribution is 2.53. The summed E-state index contributed by atoms with van der Waals surface area (Å²) in [6.45, 7) is 8.34. The highest BCUT2D eigenvalue weighted by molar-refractivity contribution is 6.06. The average molecular weight is 411 g/mol. The van der Waals surface area contributed by atoms with Gasteiger partial charge in [0.2, 0.25) is 0 Å². The van der Waals surface area contributed by atoms with Crippen molar-refractivity contribution in [2.75, 3.05) is 14.2 Å². The van der Waals surface area contributed by atoms with Crippen molar-refractivity contribution in [3.63, 3.8) is 0 Å². The normalized spacial score (nSPS) is 23.0. The Morgan fingerprint density at radius 3 is 1.60 bits per heavy atom. The molecule has 0 N–H and O–H groups in total. The Labute approximate surface area is 178 Å². The Balaban J connectivity index is 1.94. The summed E-state index contributed by atoms with van der Waals surface area (Å²) in [5, 5.41) is 0. The highest BCUT2D eigenvalue weighted by Gasteiger charge is 2.47. The van der Waals surface area contributed by atoms with Crippen LogP contribution in [-0.2, 0) is 14.3 Å². The smallest absolute Gasteiger partial charge is 0.163 e. The summed E-state index contributed by atoms with van der Waals surface area (Å²) in [7, 11) is 3.20. The molecule has 0 fully saturated rings. The third-order valence-electron chi connectivity index (χ3n) is 6.29. The summed E-state index contributed by atoms with van der Waals surface area (Å²) in [5.41, 5.74) is 1.74. The van der Waals surface area contributed by atoms with Crippen LogP contribution in [0.2, 0.25) is 0 Å². The van der Waals surface area contributed by atoms with Crippen LogP contribution in [0.25, 0.3) is 0 Å². The van der Waals surface area contributed by atoms with Crippen molar-refractivity contribution in [1.82, 2.24) is 0 Å². The standard InChI is InChI=1S/C25H30O5/c1-24(2)10-17(26)22-19(12-24)30-20-13-25(3,4)11-18(27)23(20)21(22)14-7-15(28-5)9-16(8-14)29-6/h7-9,21H,10-13H2,1-6H3. The maximum atomic E-state index is 13.3. The van der Waals surface area contributed by atoms with E-state index in [9.17, 15) is 9.59 Å². The molecule has 0 amide bonds. The van der Waals surface area contributed by atoms with Crippen molar-refractivity contribution in [3.05, 3.63) is 46.4 Å². The first-order valence-corrected chi connectivity index (χ1v) is 10.5. The van der Waals surface area contributed by atoms with Crippen LogP contribution in [-0.4, -0.2) is 25.8 Å². The SMILES string of the molecule is COc1cc(OC)cc(C2C3=C(CC(C)(C)CC3=O)OC3=C2C(=O)CC(C)(C)C3)c1. The highest BCUT2D eigenvalue weighted by atomic mass is 16.5. The van der Waals surface area contributed by atoms with Crippen molar-refractivity contribution in [2.24, 2.45) is 10.8 Å². The van der Waals surface area contributed by atoms with Crippen LogP contribution in [0.4, 0.5) is 0 Å². The van der Waals surface area contributed by atoms with Crippen molar-refractivity contribution < 1.29 is 23.8 Å². The lowest BCUT2D eigenvalue weighted by Gasteiger charge is -2.42. The van der Waals surface area contributed by atoms with E-state index in [1.54, 1.807) is 20.3 Å². The van der Waals surface area contributed by atoms with Gasteiger partial charge in [0.05, 0.1) is 14.2 Å². The number of rotatable bonds is 3. The minimum Gasteiger partial charge on any atom is -0.497 e. The van der Waals surface area contributed by atoms with Gasteiger partial charge in [-0.15, -0.1) is 0 Å². The number of Topliss-reactive ketones (excluding diaryl/α,β-unsaturated/α-hetero) is 2. The molecule has 30 heavy (non-hydrogen) atoms. The van der Waals surface area contributed by atoms with Crippen LogP contribution in [0.5, 0.6) is 11.5 Å². The first kappa shape index (κ1) is 20.7. The second-order valence-electron chi connectivity index (χ2n) is 10.2. The lowest BCUT2D eigenvalue weighted by Crippen LogP contribution is -2.37. The van der Waals surface area contributed by atoms with E-state index in [1.807, 2.05) is 12.1 Å². The maximum absolute atomic E-state index is 13.3. The van der Waals surface area contributed by atoms with Gasteiger partial charge in [-0.3, -0.25) is 9.59 Å². The lowest BCUT2D eigenvalue weighted by molar-refractivity contribution is -0.120. The number of methoxy groups -OCH3 is 2. The minimum absolute atomic E-state index is 0.0530. The van der Waals surface area contributed by atoms with Crippen LogP contribution >= 0.6 is 0 Å². The maximum Gasteiger partial charge on any atom is 0.163 e. The number of hydrogen-bond acceptors (Lipinski definition) is 5. The van der Waals surface area contributed by atoms with Gasteiger partial charge in [-0.2, -0.15) is 0 Å².